The molecule has 3 rings (SSSR count). The van der Waals surface area contributed by atoms with E-state index in [1.54, 1.807) is 12.3 Å². The van der Waals surface area contributed by atoms with E-state index in [1.165, 1.54) is 12.7 Å². The molecule has 0 bridgehead atoms. The summed E-state index contributed by atoms with van der Waals surface area (Å²) in [6.45, 7) is 1.85. The molecule has 2 N–H and O–H groups in total. The lowest BCUT2D eigenvalue weighted by Gasteiger charge is -2.31. The maximum atomic E-state index is 11.6. The number of hydrogen-bond donors (Lipinski definition) is 1. The summed E-state index contributed by atoms with van der Waals surface area (Å²) >= 11 is 0. The number of carbonyl (C=O) groups is 1. The lowest BCUT2D eigenvalue weighted by atomic mass is 10.2. The van der Waals surface area contributed by atoms with Crippen LogP contribution in [0.2, 0.25) is 0 Å². The van der Waals surface area contributed by atoms with E-state index in [2.05, 4.69) is 15.0 Å². The first kappa shape index (κ1) is 11.0. The van der Waals surface area contributed by atoms with Crippen LogP contribution in [0, 0.1) is 0 Å². The standard InChI is InChI=1S/C12H15N5O/c13-11(18)10-6-9-7-14-8-15-12(9)17(10)16-4-2-1-3-5-16/h6-8H,1-5H2,(H2,13,18). The zero-order valence-electron chi connectivity index (χ0n) is 10.0. The van der Waals surface area contributed by atoms with Crippen LogP contribution in [-0.2, 0) is 0 Å². The van der Waals surface area contributed by atoms with Crippen molar-refractivity contribution in [2.24, 2.45) is 5.73 Å². The quantitative estimate of drug-likeness (QED) is 0.842. The van der Waals surface area contributed by atoms with Crippen molar-refractivity contribution in [3.8, 4) is 0 Å². The summed E-state index contributed by atoms with van der Waals surface area (Å²) in [5.41, 5.74) is 6.68. The molecule has 0 aliphatic carbocycles. The molecule has 6 heteroatoms. The van der Waals surface area contributed by atoms with Crippen molar-refractivity contribution in [3.63, 3.8) is 0 Å². The number of rotatable bonds is 2. The number of fused-ring (bicyclic) bond motifs is 1. The number of primary amides is 1. The second-order valence-electron chi connectivity index (χ2n) is 4.52. The highest BCUT2D eigenvalue weighted by Crippen LogP contribution is 2.19. The first-order chi connectivity index (χ1) is 8.77. The molecule has 0 spiro atoms. The van der Waals surface area contributed by atoms with Crippen LogP contribution in [0.4, 0.5) is 0 Å². The third-order valence-corrected chi connectivity index (χ3v) is 3.31. The van der Waals surface area contributed by atoms with Crippen molar-refractivity contribution in [2.75, 3.05) is 18.1 Å². The fourth-order valence-electron chi connectivity index (χ4n) is 2.47. The molecule has 2 aromatic rings. The van der Waals surface area contributed by atoms with Crippen LogP contribution in [0.15, 0.2) is 18.6 Å². The molecule has 18 heavy (non-hydrogen) atoms. The Hall–Kier alpha value is -2.11. The smallest absolute Gasteiger partial charge is 0.267 e. The molecule has 2 aromatic heterocycles. The highest BCUT2D eigenvalue weighted by molar-refractivity contribution is 5.96. The van der Waals surface area contributed by atoms with Crippen molar-refractivity contribution in [2.45, 2.75) is 19.3 Å². The molecule has 1 aliphatic rings. The lowest BCUT2D eigenvalue weighted by Crippen LogP contribution is -2.41. The molecule has 1 aliphatic heterocycles. The second kappa shape index (κ2) is 4.29. The number of hydrogen-bond acceptors (Lipinski definition) is 4. The minimum atomic E-state index is -0.432. The number of amides is 1. The van der Waals surface area contributed by atoms with Crippen LogP contribution < -0.4 is 10.7 Å². The average molecular weight is 245 g/mol. The van der Waals surface area contributed by atoms with E-state index in [9.17, 15) is 4.79 Å². The fourth-order valence-corrected chi connectivity index (χ4v) is 2.47. The number of carbonyl (C=O) groups excluding carboxylic acids is 1. The van der Waals surface area contributed by atoms with E-state index in [4.69, 9.17) is 5.73 Å². The largest absolute Gasteiger partial charge is 0.364 e. The van der Waals surface area contributed by atoms with Gasteiger partial charge in [-0.15, -0.1) is 0 Å². The lowest BCUT2D eigenvalue weighted by molar-refractivity contribution is 0.0991. The summed E-state index contributed by atoms with van der Waals surface area (Å²) < 4.78 is 1.85. The first-order valence-electron chi connectivity index (χ1n) is 6.14. The van der Waals surface area contributed by atoms with Gasteiger partial charge in [0.25, 0.3) is 5.91 Å². The van der Waals surface area contributed by atoms with Crippen LogP contribution in [0.3, 0.4) is 0 Å². The minimum absolute atomic E-state index is 0.432. The summed E-state index contributed by atoms with van der Waals surface area (Å²) in [7, 11) is 0. The molecule has 3 heterocycles. The van der Waals surface area contributed by atoms with Crippen molar-refractivity contribution in [1.82, 2.24) is 14.6 Å². The maximum Gasteiger partial charge on any atom is 0.267 e. The Labute approximate surface area is 104 Å². The third-order valence-electron chi connectivity index (χ3n) is 3.31. The highest BCUT2D eigenvalue weighted by Gasteiger charge is 2.20. The molecule has 94 valence electrons. The van der Waals surface area contributed by atoms with E-state index >= 15 is 0 Å². The van der Waals surface area contributed by atoms with Crippen LogP contribution in [0.1, 0.15) is 29.8 Å². The molecule has 1 amide bonds. The van der Waals surface area contributed by atoms with Crippen LogP contribution >= 0.6 is 0 Å². The third kappa shape index (κ3) is 1.70. The Morgan fingerprint density at radius 1 is 1.28 bits per heavy atom. The van der Waals surface area contributed by atoms with Gasteiger partial charge >= 0.3 is 0 Å². The molecular formula is C12H15N5O. The van der Waals surface area contributed by atoms with Crippen LogP contribution in [-0.4, -0.2) is 33.6 Å². The van der Waals surface area contributed by atoms with Crippen molar-refractivity contribution >= 4 is 16.9 Å². The predicted octanol–water partition coefficient (Wildman–Crippen LogP) is 0.652. The van der Waals surface area contributed by atoms with Gasteiger partial charge in [0.05, 0.1) is 0 Å². The van der Waals surface area contributed by atoms with Gasteiger partial charge in [0.1, 0.15) is 12.0 Å². The fraction of sp³-hybridized carbons (Fsp3) is 0.417. The zero-order chi connectivity index (χ0) is 12.5. The van der Waals surface area contributed by atoms with Gasteiger partial charge in [0, 0.05) is 24.7 Å². The molecule has 1 saturated heterocycles. The summed E-state index contributed by atoms with van der Waals surface area (Å²) in [6, 6.07) is 1.76. The Bertz CT molecular complexity index is 585. The van der Waals surface area contributed by atoms with Gasteiger partial charge in [-0.3, -0.25) is 4.79 Å². The molecule has 0 atom stereocenters. The van der Waals surface area contributed by atoms with Gasteiger partial charge in [-0.25, -0.2) is 14.6 Å². The Kier molecular flexibility index (Phi) is 2.62. The van der Waals surface area contributed by atoms with Gasteiger partial charge in [0.2, 0.25) is 0 Å². The Balaban J connectivity index is 2.17. The van der Waals surface area contributed by atoms with Gasteiger partial charge in [-0.2, -0.15) is 0 Å². The molecule has 0 unspecified atom stereocenters. The summed E-state index contributed by atoms with van der Waals surface area (Å²) in [4.78, 5) is 19.8. The number of nitrogens with two attached hydrogens (primary N) is 1. The molecule has 0 radical (unpaired) electrons. The zero-order valence-corrected chi connectivity index (χ0v) is 10.0. The summed E-state index contributed by atoms with van der Waals surface area (Å²) in [5.74, 6) is -0.432. The Morgan fingerprint density at radius 2 is 2.06 bits per heavy atom. The molecular weight excluding hydrogens is 230 g/mol. The van der Waals surface area contributed by atoms with E-state index in [0.29, 0.717) is 5.69 Å². The summed E-state index contributed by atoms with van der Waals surface area (Å²) in [5, 5.41) is 2.98. The van der Waals surface area contributed by atoms with E-state index in [-0.39, 0.29) is 0 Å². The van der Waals surface area contributed by atoms with E-state index in [1.807, 2.05) is 4.68 Å². The molecule has 1 fully saturated rings. The summed E-state index contributed by atoms with van der Waals surface area (Å²) in [6.07, 6.45) is 6.69. The highest BCUT2D eigenvalue weighted by atomic mass is 16.1. The second-order valence-corrected chi connectivity index (χ2v) is 4.52. The van der Waals surface area contributed by atoms with Crippen LogP contribution in [0.25, 0.3) is 11.0 Å². The van der Waals surface area contributed by atoms with Crippen LogP contribution in [0.5, 0.6) is 0 Å². The van der Waals surface area contributed by atoms with E-state index < -0.39 is 5.91 Å². The molecule has 0 saturated carbocycles. The average Bonchev–Trinajstić information content (AvgIpc) is 2.79. The van der Waals surface area contributed by atoms with Crippen molar-refractivity contribution < 1.29 is 4.79 Å². The van der Waals surface area contributed by atoms with Gasteiger partial charge in [0.15, 0.2) is 5.65 Å². The Morgan fingerprint density at radius 3 is 2.78 bits per heavy atom. The van der Waals surface area contributed by atoms with Crippen molar-refractivity contribution in [1.29, 1.82) is 0 Å². The molecule has 0 aromatic carbocycles. The topological polar surface area (TPSA) is 77.0 Å². The van der Waals surface area contributed by atoms with Gasteiger partial charge in [-0.05, 0) is 25.3 Å². The van der Waals surface area contributed by atoms with Crippen molar-refractivity contribution in [3.05, 3.63) is 24.3 Å². The molecule has 6 nitrogen and oxygen atoms in total. The normalized spacial score (nSPS) is 16.1. The monoisotopic (exact) mass is 245 g/mol. The van der Waals surface area contributed by atoms with E-state index in [0.717, 1.165) is 37.0 Å². The minimum Gasteiger partial charge on any atom is -0.364 e. The van der Waals surface area contributed by atoms with Gasteiger partial charge in [-0.1, -0.05) is 0 Å². The number of aromatic nitrogens is 3. The number of nitrogens with zero attached hydrogens (tertiary/aromatic N) is 4. The van der Waals surface area contributed by atoms with Gasteiger partial charge < -0.3 is 10.7 Å². The predicted molar refractivity (Wildman–Crippen MR) is 67.8 cm³/mol. The maximum absolute atomic E-state index is 11.6. The first-order valence-corrected chi connectivity index (χ1v) is 6.14. The SMILES string of the molecule is NC(=O)c1cc2cncnc2n1N1CCCCC1. The number of piperidine rings is 1.